The summed E-state index contributed by atoms with van der Waals surface area (Å²) in [6, 6.07) is 12.8. The van der Waals surface area contributed by atoms with Crippen molar-refractivity contribution in [2.45, 2.75) is 12.6 Å². The van der Waals surface area contributed by atoms with Crippen molar-refractivity contribution in [2.75, 3.05) is 7.11 Å². The maximum Gasteiger partial charge on any atom is 0.337 e. The number of carbonyl (C=O) groups excluding carboxylic acids is 1. The summed E-state index contributed by atoms with van der Waals surface area (Å²) in [6.45, 7) is 0.535. The predicted molar refractivity (Wildman–Crippen MR) is 82.6 cm³/mol. The van der Waals surface area contributed by atoms with Crippen LogP contribution in [-0.4, -0.2) is 13.1 Å². The molecule has 4 heteroatoms. The zero-order chi connectivity index (χ0) is 15.9. The fourth-order valence-corrected chi connectivity index (χ4v) is 2.02. The van der Waals surface area contributed by atoms with Crippen molar-refractivity contribution in [3.05, 3.63) is 71.0 Å². The van der Waals surface area contributed by atoms with Crippen molar-refractivity contribution < 1.29 is 13.9 Å². The smallest absolute Gasteiger partial charge is 0.337 e. The van der Waals surface area contributed by atoms with E-state index >= 15 is 0 Å². The Morgan fingerprint density at radius 3 is 2.41 bits per heavy atom. The van der Waals surface area contributed by atoms with Gasteiger partial charge in [-0.2, -0.15) is 0 Å². The Kier molecular flexibility index (Phi) is 5.29. The number of terminal acetylenes is 1. The first-order valence-electron chi connectivity index (χ1n) is 6.76. The zero-order valence-corrected chi connectivity index (χ0v) is 12.2. The first kappa shape index (κ1) is 15.7. The summed E-state index contributed by atoms with van der Waals surface area (Å²) < 4.78 is 17.6. The number of hydrogen-bond donors (Lipinski definition) is 1. The summed E-state index contributed by atoms with van der Waals surface area (Å²) in [5.41, 5.74) is 2.31. The minimum absolute atomic E-state index is 0.294. The van der Waals surface area contributed by atoms with Gasteiger partial charge in [-0.05, 0) is 35.4 Å². The molecule has 0 aliphatic carbocycles. The molecule has 0 radical (unpaired) electrons. The van der Waals surface area contributed by atoms with Crippen molar-refractivity contribution in [3.63, 3.8) is 0 Å². The highest BCUT2D eigenvalue weighted by atomic mass is 19.1. The minimum Gasteiger partial charge on any atom is -0.465 e. The van der Waals surface area contributed by atoms with Crippen LogP contribution < -0.4 is 5.32 Å². The lowest BCUT2D eigenvalue weighted by atomic mass is 10.1. The fraction of sp³-hybridized carbons (Fsp3) is 0.167. The lowest BCUT2D eigenvalue weighted by Gasteiger charge is -2.13. The van der Waals surface area contributed by atoms with Crippen LogP contribution in [0.3, 0.4) is 0 Å². The number of ether oxygens (including phenoxy) is 1. The molecular weight excluding hydrogens is 281 g/mol. The van der Waals surface area contributed by atoms with Gasteiger partial charge in [-0.25, -0.2) is 9.18 Å². The van der Waals surface area contributed by atoms with E-state index in [0.29, 0.717) is 12.1 Å². The van der Waals surface area contributed by atoms with Crippen LogP contribution in [0, 0.1) is 18.2 Å². The zero-order valence-electron chi connectivity index (χ0n) is 12.2. The Morgan fingerprint density at radius 2 is 1.86 bits per heavy atom. The highest BCUT2D eigenvalue weighted by Crippen LogP contribution is 2.14. The van der Waals surface area contributed by atoms with E-state index in [1.165, 1.54) is 19.2 Å². The van der Waals surface area contributed by atoms with Crippen molar-refractivity contribution in [1.29, 1.82) is 0 Å². The maximum absolute atomic E-state index is 12.9. The number of hydrogen-bond acceptors (Lipinski definition) is 3. The van der Waals surface area contributed by atoms with E-state index in [1.54, 1.807) is 24.3 Å². The molecule has 0 spiro atoms. The monoisotopic (exact) mass is 297 g/mol. The molecule has 0 aliphatic heterocycles. The lowest BCUT2D eigenvalue weighted by molar-refractivity contribution is 0.0600. The van der Waals surface area contributed by atoms with Crippen LogP contribution in [0.4, 0.5) is 4.39 Å². The van der Waals surface area contributed by atoms with Gasteiger partial charge in [-0.1, -0.05) is 30.2 Å². The third kappa shape index (κ3) is 3.94. The molecule has 0 saturated heterocycles. The molecule has 22 heavy (non-hydrogen) atoms. The number of benzene rings is 2. The van der Waals surface area contributed by atoms with E-state index in [2.05, 4.69) is 16.0 Å². The number of methoxy groups -OCH3 is 1. The Balaban J connectivity index is 2.00. The standard InChI is InChI=1S/C18H16FNO2/c1-3-17(14-8-10-16(19)11-9-14)20-12-13-4-6-15(7-5-13)18(21)22-2/h1,4-11,17,20H,12H2,2H3. The summed E-state index contributed by atoms with van der Waals surface area (Å²) in [7, 11) is 1.35. The van der Waals surface area contributed by atoms with E-state index in [9.17, 15) is 9.18 Å². The quantitative estimate of drug-likeness (QED) is 0.681. The fourth-order valence-electron chi connectivity index (χ4n) is 2.02. The van der Waals surface area contributed by atoms with Crippen LogP contribution in [0.1, 0.15) is 27.5 Å². The molecule has 2 rings (SSSR count). The Labute approximate surface area is 129 Å². The predicted octanol–water partition coefficient (Wildman–Crippen LogP) is 3.08. The third-order valence-corrected chi connectivity index (χ3v) is 3.26. The molecule has 0 bridgehead atoms. The van der Waals surface area contributed by atoms with Crippen molar-refractivity contribution in [1.82, 2.24) is 5.32 Å². The molecule has 0 aliphatic rings. The van der Waals surface area contributed by atoms with E-state index in [4.69, 9.17) is 6.42 Å². The molecule has 1 N–H and O–H groups in total. The summed E-state index contributed by atoms with van der Waals surface area (Å²) in [6.07, 6.45) is 5.52. The van der Waals surface area contributed by atoms with E-state index < -0.39 is 0 Å². The van der Waals surface area contributed by atoms with Crippen LogP contribution in [0.25, 0.3) is 0 Å². The summed E-state index contributed by atoms with van der Waals surface area (Å²) >= 11 is 0. The molecule has 0 aromatic heterocycles. The second-order valence-corrected chi connectivity index (χ2v) is 4.72. The molecule has 3 nitrogen and oxygen atoms in total. The van der Waals surface area contributed by atoms with E-state index in [-0.39, 0.29) is 17.8 Å². The van der Waals surface area contributed by atoms with Gasteiger partial charge < -0.3 is 4.74 Å². The second kappa shape index (κ2) is 7.39. The molecule has 0 fully saturated rings. The van der Waals surface area contributed by atoms with Crippen LogP contribution in [0.2, 0.25) is 0 Å². The van der Waals surface area contributed by atoms with Gasteiger partial charge in [0.25, 0.3) is 0 Å². The molecule has 1 unspecified atom stereocenters. The molecular formula is C18H16FNO2. The van der Waals surface area contributed by atoms with Gasteiger partial charge in [0.05, 0.1) is 18.7 Å². The molecule has 112 valence electrons. The molecule has 0 saturated carbocycles. The van der Waals surface area contributed by atoms with Gasteiger partial charge in [0.15, 0.2) is 0 Å². The first-order valence-corrected chi connectivity index (χ1v) is 6.76. The summed E-state index contributed by atoms with van der Waals surface area (Å²) in [5, 5.41) is 3.21. The SMILES string of the molecule is C#CC(NCc1ccc(C(=O)OC)cc1)c1ccc(F)cc1. The third-order valence-electron chi connectivity index (χ3n) is 3.26. The minimum atomic E-state index is -0.368. The van der Waals surface area contributed by atoms with Crippen LogP contribution >= 0.6 is 0 Å². The average Bonchev–Trinajstić information content (AvgIpc) is 2.56. The summed E-state index contributed by atoms with van der Waals surface area (Å²) in [4.78, 5) is 11.4. The maximum atomic E-state index is 12.9. The van der Waals surface area contributed by atoms with Crippen LogP contribution in [0.15, 0.2) is 48.5 Å². The van der Waals surface area contributed by atoms with Crippen molar-refractivity contribution in [2.24, 2.45) is 0 Å². The lowest BCUT2D eigenvalue weighted by Crippen LogP contribution is -2.19. The highest BCUT2D eigenvalue weighted by Gasteiger charge is 2.08. The largest absolute Gasteiger partial charge is 0.465 e. The van der Waals surface area contributed by atoms with Crippen LogP contribution in [0.5, 0.6) is 0 Å². The van der Waals surface area contributed by atoms with Crippen molar-refractivity contribution >= 4 is 5.97 Å². The van der Waals surface area contributed by atoms with Gasteiger partial charge in [0, 0.05) is 6.54 Å². The summed E-state index contributed by atoms with van der Waals surface area (Å²) in [5.74, 6) is 1.98. The Bertz CT molecular complexity index is 672. The normalized spacial score (nSPS) is 11.5. The van der Waals surface area contributed by atoms with Crippen LogP contribution in [-0.2, 0) is 11.3 Å². The van der Waals surface area contributed by atoms with E-state index in [0.717, 1.165) is 11.1 Å². The molecule has 0 amide bonds. The number of nitrogens with one attached hydrogen (secondary N) is 1. The first-order chi connectivity index (χ1) is 10.6. The van der Waals surface area contributed by atoms with Gasteiger partial charge in [-0.3, -0.25) is 5.32 Å². The Hall–Kier alpha value is -2.64. The number of rotatable bonds is 5. The highest BCUT2D eigenvalue weighted by molar-refractivity contribution is 5.89. The molecule has 2 aromatic carbocycles. The average molecular weight is 297 g/mol. The van der Waals surface area contributed by atoms with Crippen molar-refractivity contribution in [3.8, 4) is 12.3 Å². The topological polar surface area (TPSA) is 38.3 Å². The van der Waals surface area contributed by atoms with Gasteiger partial charge in [0.2, 0.25) is 0 Å². The van der Waals surface area contributed by atoms with Gasteiger partial charge >= 0.3 is 5.97 Å². The number of carbonyl (C=O) groups is 1. The number of esters is 1. The van der Waals surface area contributed by atoms with Gasteiger partial charge in [-0.15, -0.1) is 6.42 Å². The Morgan fingerprint density at radius 1 is 1.23 bits per heavy atom. The second-order valence-electron chi connectivity index (χ2n) is 4.72. The molecule has 2 aromatic rings. The van der Waals surface area contributed by atoms with E-state index in [1.807, 2.05) is 12.1 Å². The van der Waals surface area contributed by atoms with Gasteiger partial charge in [0.1, 0.15) is 5.82 Å². The molecule has 0 heterocycles. The number of halogens is 1. The molecule has 1 atom stereocenters.